The average molecular weight is 195 g/mol. The van der Waals surface area contributed by atoms with E-state index >= 15 is 0 Å². The van der Waals surface area contributed by atoms with E-state index in [-0.39, 0.29) is 6.54 Å². The van der Waals surface area contributed by atoms with E-state index in [2.05, 4.69) is 9.97 Å². The molecular weight excluding hydrogens is 182 g/mol. The number of carboxylic acids is 1. The molecule has 1 aromatic heterocycles. The summed E-state index contributed by atoms with van der Waals surface area (Å²) < 4.78 is 0. The number of aromatic nitrogens is 2. The third-order valence-electron chi connectivity index (χ3n) is 1.77. The number of nitrogens with zero attached hydrogens (tertiary/aromatic N) is 3. The van der Waals surface area contributed by atoms with Crippen LogP contribution in [0.5, 0.6) is 0 Å². The summed E-state index contributed by atoms with van der Waals surface area (Å²) in [5.74, 6) is 0.489. The molecule has 0 aliphatic carbocycles. The van der Waals surface area contributed by atoms with Crippen LogP contribution in [0.15, 0.2) is 12.3 Å². The van der Waals surface area contributed by atoms with Crippen molar-refractivity contribution in [2.45, 2.75) is 13.3 Å². The Balaban J connectivity index is 2.78. The van der Waals surface area contributed by atoms with Crippen molar-refractivity contribution >= 4 is 11.8 Å². The van der Waals surface area contributed by atoms with E-state index in [9.17, 15) is 4.79 Å². The summed E-state index contributed by atoms with van der Waals surface area (Å²) in [7, 11) is 1.69. The Morgan fingerprint density at radius 1 is 1.64 bits per heavy atom. The Kier molecular flexibility index (Phi) is 3.39. The molecule has 0 atom stereocenters. The quantitative estimate of drug-likeness (QED) is 0.760. The van der Waals surface area contributed by atoms with Gasteiger partial charge in [0.05, 0.1) is 0 Å². The Hall–Kier alpha value is -1.65. The zero-order valence-corrected chi connectivity index (χ0v) is 8.27. The van der Waals surface area contributed by atoms with Crippen molar-refractivity contribution in [2.24, 2.45) is 0 Å². The van der Waals surface area contributed by atoms with Gasteiger partial charge in [-0.1, -0.05) is 6.92 Å². The zero-order valence-electron chi connectivity index (χ0n) is 8.27. The topological polar surface area (TPSA) is 66.3 Å². The Labute approximate surface area is 82.4 Å². The number of hydrogen-bond donors (Lipinski definition) is 1. The Morgan fingerprint density at radius 3 is 2.93 bits per heavy atom. The number of carbonyl (C=O) groups is 1. The molecule has 0 saturated heterocycles. The van der Waals surface area contributed by atoms with Crippen LogP contribution in [0.3, 0.4) is 0 Å². The molecule has 0 unspecified atom stereocenters. The van der Waals surface area contributed by atoms with Gasteiger partial charge in [0.15, 0.2) is 0 Å². The van der Waals surface area contributed by atoms with Gasteiger partial charge in [-0.25, -0.2) is 9.97 Å². The van der Waals surface area contributed by atoms with Gasteiger partial charge in [0.1, 0.15) is 18.2 Å². The molecule has 14 heavy (non-hydrogen) atoms. The van der Waals surface area contributed by atoms with Crippen molar-refractivity contribution in [3.05, 3.63) is 18.1 Å². The molecule has 0 amide bonds. The van der Waals surface area contributed by atoms with Crippen LogP contribution in [-0.4, -0.2) is 34.6 Å². The molecule has 1 N–H and O–H groups in total. The van der Waals surface area contributed by atoms with Gasteiger partial charge < -0.3 is 10.0 Å². The highest BCUT2D eigenvalue weighted by Crippen LogP contribution is 2.07. The average Bonchev–Trinajstić information content (AvgIpc) is 2.17. The van der Waals surface area contributed by atoms with Crippen LogP contribution >= 0.6 is 0 Å². The first-order valence-corrected chi connectivity index (χ1v) is 4.38. The third kappa shape index (κ3) is 2.69. The van der Waals surface area contributed by atoms with Crippen LogP contribution in [0, 0.1) is 0 Å². The molecule has 5 nitrogen and oxygen atoms in total. The number of aryl methyl sites for hydroxylation is 1. The summed E-state index contributed by atoms with van der Waals surface area (Å²) >= 11 is 0. The maximum absolute atomic E-state index is 10.5. The molecule has 1 aromatic rings. The highest BCUT2D eigenvalue weighted by molar-refractivity contribution is 5.72. The highest BCUT2D eigenvalue weighted by atomic mass is 16.4. The second kappa shape index (κ2) is 4.55. The van der Waals surface area contributed by atoms with E-state index in [1.165, 1.54) is 0 Å². The van der Waals surface area contributed by atoms with Gasteiger partial charge in [0, 0.05) is 19.7 Å². The van der Waals surface area contributed by atoms with Crippen molar-refractivity contribution in [1.29, 1.82) is 0 Å². The molecule has 76 valence electrons. The lowest BCUT2D eigenvalue weighted by Crippen LogP contribution is -2.26. The maximum atomic E-state index is 10.5. The summed E-state index contributed by atoms with van der Waals surface area (Å²) in [5, 5.41) is 8.59. The Bertz CT molecular complexity index is 328. The van der Waals surface area contributed by atoms with Crippen LogP contribution in [-0.2, 0) is 11.2 Å². The molecule has 0 aliphatic rings. The molecule has 0 saturated carbocycles. The molecule has 0 bridgehead atoms. The molecule has 0 spiro atoms. The van der Waals surface area contributed by atoms with Crippen LogP contribution in [0.25, 0.3) is 0 Å². The lowest BCUT2D eigenvalue weighted by atomic mass is 10.4. The van der Waals surface area contributed by atoms with E-state index in [1.54, 1.807) is 24.2 Å². The number of likely N-dealkylation sites (N-methyl/N-ethyl adjacent to an activating group) is 1. The molecule has 5 heteroatoms. The van der Waals surface area contributed by atoms with Crippen molar-refractivity contribution in [3.63, 3.8) is 0 Å². The van der Waals surface area contributed by atoms with E-state index in [1.807, 2.05) is 6.92 Å². The summed E-state index contributed by atoms with van der Waals surface area (Å²) in [6, 6.07) is 1.70. The van der Waals surface area contributed by atoms with Gasteiger partial charge >= 0.3 is 5.97 Å². The van der Waals surface area contributed by atoms with Gasteiger partial charge in [-0.3, -0.25) is 4.79 Å². The van der Waals surface area contributed by atoms with Gasteiger partial charge in [-0.2, -0.15) is 0 Å². The predicted octanol–water partition coefficient (Wildman–Crippen LogP) is 0.560. The number of rotatable bonds is 4. The normalized spacial score (nSPS) is 9.86. The van der Waals surface area contributed by atoms with Crippen molar-refractivity contribution < 1.29 is 9.90 Å². The first kappa shape index (κ1) is 10.4. The van der Waals surface area contributed by atoms with Crippen LogP contribution in [0.2, 0.25) is 0 Å². The second-order valence-electron chi connectivity index (χ2n) is 2.93. The van der Waals surface area contributed by atoms with Crippen molar-refractivity contribution in [2.75, 3.05) is 18.5 Å². The van der Waals surface area contributed by atoms with Crippen LogP contribution < -0.4 is 4.90 Å². The fourth-order valence-corrected chi connectivity index (χ4v) is 1.06. The van der Waals surface area contributed by atoms with Crippen molar-refractivity contribution in [3.8, 4) is 0 Å². The van der Waals surface area contributed by atoms with Crippen LogP contribution in [0.1, 0.15) is 12.7 Å². The smallest absolute Gasteiger partial charge is 0.323 e. The highest BCUT2D eigenvalue weighted by Gasteiger charge is 2.07. The SMILES string of the molecule is CCc1nccc(N(C)CC(=O)O)n1. The third-order valence-corrected chi connectivity index (χ3v) is 1.77. The first-order chi connectivity index (χ1) is 6.63. The number of hydrogen-bond acceptors (Lipinski definition) is 4. The van der Waals surface area contributed by atoms with Gasteiger partial charge in [-0.05, 0) is 6.07 Å². The van der Waals surface area contributed by atoms with Gasteiger partial charge in [0.25, 0.3) is 0 Å². The van der Waals surface area contributed by atoms with E-state index in [4.69, 9.17) is 5.11 Å². The monoisotopic (exact) mass is 195 g/mol. The maximum Gasteiger partial charge on any atom is 0.323 e. The first-order valence-electron chi connectivity index (χ1n) is 4.38. The molecule has 1 heterocycles. The molecule has 0 fully saturated rings. The predicted molar refractivity (Wildman–Crippen MR) is 52.3 cm³/mol. The summed E-state index contributed by atoms with van der Waals surface area (Å²) in [4.78, 5) is 20.3. The number of aliphatic carboxylic acids is 1. The minimum absolute atomic E-state index is 0.0554. The van der Waals surface area contributed by atoms with Crippen LogP contribution in [0.4, 0.5) is 5.82 Å². The minimum atomic E-state index is -0.871. The molecule has 1 rings (SSSR count). The molecular formula is C9H13N3O2. The summed E-state index contributed by atoms with van der Waals surface area (Å²) in [5.41, 5.74) is 0. The molecule has 0 aliphatic heterocycles. The fourth-order valence-electron chi connectivity index (χ4n) is 1.06. The van der Waals surface area contributed by atoms with Gasteiger partial charge in [0.2, 0.25) is 0 Å². The van der Waals surface area contributed by atoms with Crippen molar-refractivity contribution in [1.82, 2.24) is 9.97 Å². The zero-order chi connectivity index (χ0) is 10.6. The van der Waals surface area contributed by atoms with E-state index < -0.39 is 5.97 Å². The van der Waals surface area contributed by atoms with E-state index in [0.29, 0.717) is 5.82 Å². The summed E-state index contributed by atoms with van der Waals surface area (Å²) in [6.07, 6.45) is 2.38. The Morgan fingerprint density at radius 2 is 2.36 bits per heavy atom. The lowest BCUT2D eigenvalue weighted by Gasteiger charge is -2.15. The largest absolute Gasteiger partial charge is 0.480 e. The molecule has 0 radical (unpaired) electrons. The molecule has 0 aromatic carbocycles. The number of carboxylic acid groups (broad SMARTS) is 1. The van der Waals surface area contributed by atoms with Gasteiger partial charge in [-0.15, -0.1) is 0 Å². The minimum Gasteiger partial charge on any atom is -0.480 e. The lowest BCUT2D eigenvalue weighted by molar-refractivity contribution is -0.135. The summed E-state index contributed by atoms with van der Waals surface area (Å²) in [6.45, 7) is 1.90. The number of anilines is 1. The fraction of sp³-hybridized carbons (Fsp3) is 0.444. The second-order valence-corrected chi connectivity index (χ2v) is 2.93. The standard InChI is InChI=1S/C9H13N3O2/c1-3-7-10-5-4-8(11-7)12(2)6-9(13)14/h4-5H,3,6H2,1-2H3,(H,13,14). The van der Waals surface area contributed by atoms with E-state index in [0.717, 1.165) is 12.2 Å².